The van der Waals surface area contributed by atoms with Crippen molar-refractivity contribution >= 4 is 23.3 Å². The van der Waals surface area contributed by atoms with Crippen LogP contribution >= 0.6 is 0 Å². The summed E-state index contributed by atoms with van der Waals surface area (Å²) in [6.45, 7) is 12.2. The van der Waals surface area contributed by atoms with Gasteiger partial charge >= 0.3 is 0 Å². The van der Waals surface area contributed by atoms with Gasteiger partial charge in [0.05, 0.1) is 11.4 Å². The smallest absolute Gasteiger partial charge is 0.123 e. The summed E-state index contributed by atoms with van der Waals surface area (Å²) < 4.78 is 25.6. The van der Waals surface area contributed by atoms with E-state index in [0.717, 1.165) is 59.8 Å². The van der Waals surface area contributed by atoms with Crippen LogP contribution in [0.1, 0.15) is 77.8 Å². The van der Waals surface area contributed by atoms with Gasteiger partial charge < -0.3 is 0 Å². The molecule has 1 aliphatic carbocycles. The quantitative estimate of drug-likeness (QED) is 0.410. The number of nitrogens with zero attached hydrogens (tertiary/aromatic N) is 2. The molecule has 1 fully saturated rings. The highest BCUT2D eigenvalue weighted by Crippen LogP contribution is 2.26. The van der Waals surface area contributed by atoms with E-state index in [0.29, 0.717) is 0 Å². The van der Waals surface area contributed by atoms with Gasteiger partial charge in [-0.15, -0.1) is 0 Å². The van der Waals surface area contributed by atoms with Gasteiger partial charge in [-0.1, -0.05) is 46.5 Å². The number of halogens is 2. The molecule has 31 heavy (non-hydrogen) atoms. The Bertz CT molecular complexity index is 852. The summed E-state index contributed by atoms with van der Waals surface area (Å²) in [6.07, 6.45) is 8.68. The molecule has 2 nitrogen and oxygen atoms in total. The number of aryl methyl sites for hydroxylation is 2. The monoisotopic (exact) mass is 428 g/mol. The molecule has 0 amide bonds. The molecule has 0 saturated heterocycles. The van der Waals surface area contributed by atoms with Crippen LogP contribution in [0.25, 0.3) is 0 Å². The van der Waals surface area contributed by atoms with Crippen molar-refractivity contribution in [1.82, 2.24) is 0 Å². The van der Waals surface area contributed by atoms with E-state index in [1.165, 1.54) is 31.0 Å². The Labute approximate surface area is 187 Å². The second-order valence-corrected chi connectivity index (χ2v) is 8.12. The lowest BCUT2D eigenvalue weighted by molar-refractivity contribution is 0.625. The summed E-state index contributed by atoms with van der Waals surface area (Å²) in [6, 6.07) is 9.42. The van der Waals surface area contributed by atoms with Crippen molar-refractivity contribution in [1.29, 1.82) is 0 Å². The maximum atomic E-state index is 12.9. The van der Waals surface area contributed by atoms with Gasteiger partial charge in [0, 0.05) is 11.9 Å². The molecule has 0 unspecified atom stereocenters. The van der Waals surface area contributed by atoms with E-state index in [9.17, 15) is 8.78 Å². The fourth-order valence-electron chi connectivity index (χ4n) is 2.82. The molecule has 0 aromatic heterocycles. The van der Waals surface area contributed by atoms with Crippen molar-refractivity contribution in [2.45, 2.75) is 80.1 Å². The van der Waals surface area contributed by atoms with Crippen LogP contribution in [0.5, 0.6) is 0 Å². The minimum atomic E-state index is -0.199. The molecule has 4 heteroatoms. The molecule has 170 valence electrons. The molecule has 0 aliphatic heterocycles. The van der Waals surface area contributed by atoms with Gasteiger partial charge in [0.15, 0.2) is 0 Å². The molecule has 2 aromatic rings. The zero-order chi connectivity index (χ0) is 23.2. The zero-order valence-corrected chi connectivity index (χ0v) is 20.0. The lowest BCUT2D eigenvalue weighted by atomic mass is 10.1. The standard InChI is InChI=1S/C12H16FN.C11H14FN.C4H8/c1-4-5-10(3)14-12-7-6-11(13)8-9(12)2;1-3-5-9-8-10(12)6-7-11(9)13-4-2;1-4-2-3-4/h6-8H,4-5H2,1-3H3;4,6-8H,3,5H2,1-2H3;4H,2-3H2,1H3. The van der Waals surface area contributed by atoms with Crippen LogP contribution in [0.15, 0.2) is 46.4 Å². The molecule has 0 radical (unpaired) electrons. The topological polar surface area (TPSA) is 24.7 Å². The number of rotatable bonds is 6. The Morgan fingerprint density at radius 2 is 1.58 bits per heavy atom. The molecule has 0 spiro atoms. The average Bonchev–Trinajstić information content (AvgIpc) is 3.50. The Morgan fingerprint density at radius 3 is 2.06 bits per heavy atom. The fraction of sp³-hybridized carbons (Fsp3) is 0.481. The molecule has 1 aliphatic rings. The first-order valence-electron chi connectivity index (χ1n) is 11.4. The van der Waals surface area contributed by atoms with Gasteiger partial charge in [-0.3, -0.25) is 9.98 Å². The van der Waals surface area contributed by atoms with Crippen molar-refractivity contribution in [3.8, 4) is 0 Å². The van der Waals surface area contributed by atoms with Crippen LogP contribution in [-0.4, -0.2) is 11.9 Å². The van der Waals surface area contributed by atoms with Crippen LogP contribution in [0.2, 0.25) is 0 Å². The largest absolute Gasteiger partial charge is 0.261 e. The maximum Gasteiger partial charge on any atom is 0.123 e. The van der Waals surface area contributed by atoms with Crippen LogP contribution in [-0.2, 0) is 6.42 Å². The van der Waals surface area contributed by atoms with E-state index in [1.54, 1.807) is 24.4 Å². The van der Waals surface area contributed by atoms with Gasteiger partial charge in [0.2, 0.25) is 0 Å². The van der Waals surface area contributed by atoms with Crippen molar-refractivity contribution in [2.24, 2.45) is 15.9 Å². The van der Waals surface area contributed by atoms with E-state index in [-0.39, 0.29) is 11.6 Å². The summed E-state index contributed by atoms with van der Waals surface area (Å²) >= 11 is 0. The first-order chi connectivity index (χ1) is 14.8. The van der Waals surface area contributed by atoms with Gasteiger partial charge in [0.25, 0.3) is 0 Å². The number of aliphatic imine (C=N–C) groups is 2. The Hall–Kier alpha value is -2.36. The highest BCUT2D eigenvalue weighted by molar-refractivity contribution is 5.84. The predicted molar refractivity (Wildman–Crippen MR) is 131 cm³/mol. The lowest BCUT2D eigenvalue weighted by Crippen LogP contribution is -1.89. The number of hydrogen-bond acceptors (Lipinski definition) is 2. The van der Waals surface area contributed by atoms with E-state index >= 15 is 0 Å². The Morgan fingerprint density at radius 1 is 1.00 bits per heavy atom. The predicted octanol–water partition coefficient (Wildman–Crippen LogP) is 8.94. The van der Waals surface area contributed by atoms with Gasteiger partial charge in [0.1, 0.15) is 11.6 Å². The van der Waals surface area contributed by atoms with Crippen LogP contribution in [0, 0.1) is 24.5 Å². The molecular weight excluding hydrogens is 390 g/mol. The summed E-state index contributed by atoms with van der Waals surface area (Å²) in [5.41, 5.74) is 4.73. The lowest BCUT2D eigenvalue weighted by Gasteiger charge is -2.03. The molecule has 3 rings (SSSR count). The summed E-state index contributed by atoms with van der Waals surface area (Å²) in [4.78, 5) is 8.61. The Balaban J connectivity index is 0.000000263. The van der Waals surface area contributed by atoms with Crippen LogP contribution in [0.3, 0.4) is 0 Å². The molecule has 0 heterocycles. The number of benzene rings is 2. The fourth-order valence-corrected chi connectivity index (χ4v) is 2.82. The summed E-state index contributed by atoms with van der Waals surface area (Å²) in [5, 5.41) is 0. The maximum absolute atomic E-state index is 12.9. The third-order valence-corrected chi connectivity index (χ3v) is 4.78. The zero-order valence-electron chi connectivity index (χ0n) is 20.0. The third-order valence-electron chi connectivity index (χ3n) is 4.78. The van der Waals surface area contributed by atoms with Crippen LogP contribution in [0.4, 0.5) is 20.2 Å². The SMILES string of the molecule is CC1CC1.CC=Nc1ccc(F)cc1CCC.CCCC(C)=Nc1ccc(F)cc1C. The average molecular weight is 429 g/mol. The van der Waals surface area contributed by atoms with Crippen molar-refractivity contribution in [3.05, 3.63) is 59.2 Å². The van der Waals surface area contributed by atoms with Crippen molar-refractivity contribution < 1.29 is 8.78 Å². The molecular formula is C27H38F2N2. The highest BCUT2D eigenvalue weighted by atomic mass is 19.1. The molecule has 0 N–H and O–H groups in total. The van der Waals surface area contributed by atoms with Gasteiger partial charge in [-0.25, -0.2) is 8.78 Å². The number of hydrogen-bond donors (Lipinski definition) is 0. The molecule has 1 saturated carbocycles. The molecule has 0 bridgehead atoms. The van der Waals surface area contributed by atoms with E-state index in [4.69, 9.17) is 0 Å². The first-order valence-corrected chi connectivity index (χ1v) is 11.4. The van der Waals surface area contributed by atoms with Gasteiger partial charge in [-0.05, 0) is 87.1 Å². The second-order valence-electron chi connectivity index (χ2n) is 8.12. The summed E-state index contributed by atoms with van der Waals surface area (Å²) in [7, 11) is 0. The minimum Gasteiger partial charge on any atom is -0.261 e. The summed E-state index contributed by atoms with van der Waals surface area (Å²) in [5.74, 6) is 0.702. The van der Waals surface area contributed by atoms with E-state index in [2.05, 4.69) is 30.8 Å². The van der Waals surface area contributed by atoms with Crippen molar-refractivity contribution in [3.63, 3.8) is 0 Å². The third kappa shape index (κ3) is 11.6. The second kappa shape index (κ2) is 14.6. The normalized spacial score (nSPS) is 13.4. The molecule has 2 aromatic carbocycles. The van der Waals surface area contributed by atoms with E-state index < -0.39 is 0 Å². The highest BCUT2D eigenvalue weighted by Gasteiger charge is 2.12. The Kier molecular flexibility index (Phi) is 12.6. The van der Waals surface area contributed by atoms with Crippen molar-refractivity contribution in [2.75, 3.05) is 0 Å². The van der Waals surface area contributed by atoms with Crippen LogP contribution < -0.4 is 0 Å². The molecule has 0 atom stereocenters. The minimum absolute atomic E-state index is 0.182. The first kappa shape index (κ1) is 26.7. The van der Waals surface area contributed by atoms with E-state index in [1.807, 2.05) is 20.8 Å². The van der Waals surface area contributed by atoms with Gasteiger partial charge in [-0.2, -0.15) is 0 Å².